The van der Waals surface area contributed by atoms with Gasteiger partial charge in [-0.05, 0) is 38.7 Å². The zero-order valence-electron chi connectivity index (χ0n) is 17.5. The number of anilines is 1. The molecule has 2 aromatic rings. The third-order valence-electron chi connectivity index (χ3n) is 5.97. The lowest BCUT2D eigenvalue weighted by Gasteiger charge is -2.33. The van der Waals surface area contributed by atoms with Crippen molar-refractivity contribution >= 4 is 34.0 Å². The molecule has 2 N–H and O–H groups in total. The lowest BCUT2D eigenvalue weighted by molar-refractivity contribution is -0.0488. The van der Waals surface area contributed by atoms with Gasteiger partial charge in [-0.3, -0.25) is 9.59 Å². The zero-order chi connectivity index (χ0) is 23.2. The number of hydrogen-bond donors (Lipinski definition) is 1. The number of carbonyl (C=O) groups excluding carboxylic acids is 1. The third-order valence-corrected chi connectivity index (χ3v) is 6.39. The summed E-state index contributed by atoms with van der Waals surface area (Å²) in [5.41, 5.74) is 5.69. The standard InChI is InChI=1S/C22H23ClF3N3O3/c1-11(30)15-10-29(13-2-3-13)18-14(20(15)31)8-17(24)19(21(18)32-22(25)26)28-6-4-12(5-7-28)16(23)9-27/h8,10,13,22H,2-7,9,27H2,1H3. The molecule has 6 nitrogen and oxygen atoms in total. The van der Waals surface area contributed by atoms with Gasteiger partial charge in [0.25, 0.3) is 0 Å². The van der Waals surface area contributed by atoms with Crippen LogP contribution in [0.3, 0.4) is 0 Å². The number of alkyl halides is 2. The second-order valence-corrected chi connectivity index (χ2v) is 8.53. The minimum absolute atomic E-state index is 0.0752. The molecule has 2 heterocycles. The van der Waals surface area contributed by atoms with Gasteiger partial charge in [0.15, 0.2) is 22.8 Å². The number of nitrogens with two attached hydrogens (primary N) is 1. The molecule has 1 aliphatic carbocycles. The first kappa shape index (κ1) is 22.7. The number of halogens is 4. The normalized spacial score (nSPS) is 16.7. The Morgan fingerprint density at radius 3 is 2.50 bits per heavy atom. The van der Waals surface area contributed by atoms with Gasteiger partial charge in [-0.2, -0.15) is 8.78 Å². The largest absolute Gasteiger partial charge is 0.430 e. The molecular formula is C22H23ClF3N3O3. The van der Waals surface area contributed by atoms with Crippen LogP contribution in [0.25, 0.3) is 10.9 Å². The molecule has 1 aromatic heterocycles. The molecule has 32 heavy (non-hydrogen) atoms. The van der Waals surface area contributed by atoms with E-state index in [9.17, 15) is 18.4 Å². The van der Waals surface area contributed by atoms with Gasteiger partial charge in [0.1, 0.15) is 5.69 Å². The molecule has 1 aromatic carbocycles. The van der Waals surface area contributed by atoms with E-state index in [1.54, 1.807) is 9.47 Å². The van der Waals surface area contributed by atoms with Gasteiger partial charge in [-0.1, -0.05) is 17.2 Å². The van der Waals surface area contributed by atoms with Crippen LogP contribution in [0.15, 0.2) is 27.7 Å². The maximum atomic E-state index is 15.3. The summed E-state index contributed by atoms with van der Waals surface area (Å²) >= 11 is 6.14. The van der Waals surface area contributed by atoms with Crippen molar-refractivity contribution in [3.8, 4) is 5.75 Å². The quantitative estimate of drug-likeness (QED) is 0.637. The van der Waals surface area contributed by atoms with Crippen LogP contribution >= 0.6 is 11.6 Å². The first-order chi connectivity index (χ1) is 15.2. The second kappa shape index (κ2) is 8.78. The molecule has 0 bridgehead atoms. The summed E-state index contributed by atoms with van der Waals surface area (Å²) < 4.78 is 48.7. The van der Waals surface area contributed by atoms with E-state index in [0.29, 0.717) is 31.0 Å². The van der Waals surface area contributed by atoms with Crippen LogP contribution in [0, 0.1) is 5.82 Å². The Kier molecular flexibility index (Phi) is 6.22. The molecule has 10 heteroatoms. The molecule has 2 aliphatic rings. The molecule has 2 fully saturated rings. The number of Topliss-reactive ketones (excluding diaryl/α,β-unsaturated/α-hetero) is 1. The topological polar surface area (TPSA) is 77.6 Å². The third kappa shape index (κ3) is 4.11. The van der Waals surface area contributed by atoms with Crippen LogP contribution in [0.4, 0.5) is 18.9 Å². The number of piperidine rings is 1. The minimum atomic E-state index is -3.22. The molecule has 0 radical (unpaired) electrons. The van der Waals surface area contributed by atoms with Gasteiger partial charge < -0.3 is 19.9 Å². The van der Waals surface area contributed by atoms with E-state index >= 15 is 4.39 Å². The van der Waals surface area contributed by atoms with E-state index in [1.165, 1.54) is 13.1 Å². The van der Waals surface area contributed by atoms with Crippen LogP contribution in [-0.2, 0) is 0 Å². The molecule has 1 aliphatic heterocycles. The molecule has 0 spiro atoms. The Bertz CT molecular complexity index is 1160. The van der Waals surface area contributed by atoms with Gasteiger partial charge >= 0.3 is 6.61 Å². The van der Waals surface area contributed by atoms with Gasteiger partial charge in [-0.25, -0.2) is 4.39 Å². The highest BCUT2D eigenvalue weighted by Gasteiger charge is 2.32. The molecule has 172 valence electrons. The molecule has 4 rings (SSSR count). The second-order valence-electron chi connectivity index (χ2n) is 8.08. The van der Waals surface area contributed by atoms with E-state index in [2.05, 4.69) is 0 Å². The maximum Gasteiger partial charge on any atom is 0.387 e. The fraction of sp³-hybridized carbons (Fsp3) is 0.455. The summed E-state index contributed by atoms with van der Waals surface area (Å²) in [4.78, 5) is 26.5. The Morgan fingerprint density at radius 1 is 1.31 bits per heavy atom. The van der Waals surface area contributed by atoms with E-state index in [4.69, 9.17) is 22.1 Å². The lowest BCUT2D eigenvalue weighted by atomic mass is 10.0. The highest BCUT2D eigenvalue weighted by atomic mass is 35.5. The average Bonchev–Trinajstić information content (AvgIpc) is 3.59. The minimum Gasteiger partial charge on any atom is -0.430 e. The van der Waals surface area contributed by atoms with Crippen molar-refractivity contribution in [3.63, 3.8) is 0 Å². The Hall–Kier alpha value is -2.52. The van der Waals surface area contributed by atoms with Crippen molar-refractivity contribution in [2.24, 2.45) is 5.73 Å². The van der Waals surface area contributed by atoms with Crippen molar-refractivity contribution in [3.05, 3.63) is 44.5 Å². The summed E-state index contributed by atoms with van der Waals surface area (Å²) in [6.07, 6.45) is 3.89. The SMILES string of the molecule is CC(=O)c1cn(C2CC2)c2c(OC(F)F)c(N3CCC(=C(Cl)CN)CC3)c(F)cc2c1=O. The fourth-order valence-corrected chi connectivity index (χ4v) is 4.43. The summed E-state index contributed by atoms with van der Waals surface area (Å²) in [7, 11) is 0. The summed E-state index contributed by atoms with van der Waals surface area (Å²) in [6, 6.07) is 0.947. The Balaban J connectivity index is 1.93. The van der Waals surface area contributed by atoms with Crippen molar-refractivity contribution in [2.75, 3.05) is 24.5 Å². The monoisotopic (exact) mass is 469 g/mol. The number of benzene rings is 1. The first-order valence-electron chi connectivity index (χ1n) is 10.4. The number of rotatable bonds is 6. The molecule has 0 amide bonds. The number of ether oxygens (including phenoxy) is 1. The van der Waals surface area contributed by atoms with E-state index < -0.39 is 23.6 Å². The zero-order valence-corrected chi connectivity index (χ0v) is 18.2. The number of pyridine rings is 1. The Labute approximate surface area is 187 Å². The fourth-order valence-electron chi connectivity index (χ4n) is 4.25. The summed E-state index contributed by atoms with van der Waals surface area (Å²) in [5.74, 6) is -1.71. The number of carbonyl (C=O) groups is 1. The smallest absolute Gasteiger partial charge is 0.387 e. The van der Waals surface area contributed by atoms with Gasteiger partial charge in [-0.15, -0.1) is 0 Å². The number of aromatic nitrogens is 1. The van der Waals surface area contributed by atoms with Crippen molar-refractivity contribution in [2.45, 2.75) is 45.3 Å². The molecule has 0 atom stereocenters. The van der Waals surface area contributed by atoms with Gasteiger partial charge in [0.2, 0.25) is 0 Å². The number of nitrogens with zero attached hydrogens (tertiary/aromatic N) is 2. The highest BCUT2D eigenvalue weighted by Crippen LogP contribution is 2.45. The van der Waals surface area contributed by atoms with Crippen LogP contribution in [0.2, 0.25) is 0 Å². The van der Waals surface area contributed by atoms with Crippen LogP contribution in [-0.4, -0.2) is 36.6 Å². The predicted octanol–water partition coefficient (Wildman–Crippen LogP) is 4.33. The van der Waals surface area contributed by atoms with Gasteiger partial charge in [0, 0.05) is 36.9 Å². The molecular weight excluding hydrogens is 447 g/mol. The van der Waals surface area contributed by atoms with Crippen molar-refractivity contribution in [1.82, 2.24) is 4.57 Å². The average molecular weight is 470 g/mol. The van der Waals surface area contributed by atoms with Crippen molar-refractivity contribution in [1.29, 1.82) is 0 Å². The van der Waals surface area contributed by atoms with Crippen LogP contribution in [0.5, 0.6) is 5.75 Å². The van der Waals surface area contributed by atoms with E-state index in [-0.39, 0.29) is 40.5 Å². The highest BCUT2D eigenvalue weighted by molar-refractivity contribution is 6.30. The van der Waals surface area contributed by atoms with Crippen molar-refractivity contribution < 1.29 is 22.7 Å². The van der Waals surface area contributed by atoms with E-state index in [0.717, 1.165) is 24.5 Å². The Morgan fingerprint density at radius 2 is 1.97 bits per heavy atom. The predicted molar refractivity (Wildman–Crippen MR) is 116 cm³/mol. The molecule has 1 saturated carbocycles. The van der Waals surface area contributed by atoms with Gasteiger partial charge in [0.05, 0.1) is 16.5 Å². The number of ketones is 1. The number of fused-ring (bicyclic) bond motifs is 1. The first-order valence-corrected chi connectivity index (χ1v) is 10.8. The summed E-state index contributed by atoms with van der Waals surface area (Å²) in [6.45, 7) is -1.13. The van der Waals surface area contributed by atoms with Crippen LogP contribution in [0.1, 0.15) is 49.0 Å². The maximum absolute atomic E-state index is 15.3. The van der Waals surface area contributed by atoms with Crippen LogP contribution < -0.4 is 20.8 Å². The number of hydrogen-bond acceptors (Lipinski definition) is 5. The van der Waals surface area contributed by atoms with E-state index in [1.807, 2.05) is 0 Å². The molecule has 1 saturated heterocycles. The molecule has 0 unspecified atom stereocenters. The lowest BCUT2D eigenvalue weighted by Crippen LogP contribution is -2.33. The summed E-state index contributed by atoms with van der Waals surface area (Å²) in [5, 5.41) is 0.400.